The summed E-state index contributed by atoms with van der Waals surface area (Å²) in [5, 5.41) is 7.33. The minimum Gasteiger partial charge on any atom is -0.468 e. The maximum absolute atomic E-state index is 6.14. The van der Waals surface area contributed by atoms with Crippen LogP contribution in [0, 0.1) is 0 Å². The van der Waals surface area contributed by atoms with Crippen LogP contribution in [0.15, 0.2) is 23.3 Å². The first kappa shape index (κ1) is 12.5. The smallest absolute Gasteiger partial charge is 0.240 e. The van der Waals surface area contributed by atoms with Crippen molar-refractivity contribution < 1.29 is 4.74 Å². The quantitative estimate of drug-likeness (QED) is 0.783. The number of benzene rings is 1. The topological polar surface area (TPSA) is 24.8 Å². The highest BCUT2D eigenvalue weighted by Gasteiger charge is 2.29. The molecule has 0 aliphatic carbocycles. The third-order valence-corrected chi connectivity index (χ3v) is 2.95. The molecular formula is C12H14Cl2N2O. The molecule has 0 unspecified atom stereocenters. The highest BCUT2D eigenvalue weighted by Crippen LogP contribution is 2.26. The lowest BCUT2D eigenvalue weighted by molar-refractivity contribution is 0.0324. The first-order valence-corrected chi connectivity index (χ1v) is 6.07. The molecule has 2 rings (SSSR count). The molecule has 0 saturated heterocycles. The van der Waals surface area contributed by atoms with Crippen LogP contribution in [0.2, 0.25) is 10.0 Å². The molecule has 0 atom stereocenters. The van der Waals surface area contributed by atoms with Crippen LogP contribution in [0.3, 0.4) is 0 Å². The summed E-state index contributed by atoms with van der Waals surface area (Å²) in [6, 6.07) is 5.28. The Morgan fingerprint density at radius 2 is 2.06 bits per heavy atom. The summed E-state index contributed by atoms with van der Waals surface area (Å²) < 4.78 is 5.83. The molecule has 1 aromatic rings. The second-order valence-electron chi connectivity index (χ2n) is 4.71. The van der Waals surface area contributed by atoms with Crippen LogP contribution in [-0.2, 0) is 4.74 Å². The van der Waals surface area contributed by atoms with Crippen molar-refractivity contribution in [1.82, 2.24) is 5.01 Å². The number of ether oxygens (including phenoxy) is 1. The normalized spacial score (nSPS) is 18.6. The van der Waals surface area contributed by atoms with Gasteiger partial charge < -0.3 is 4.74 Å². The largest absolute Gasteiger partial charge is 0.468 e. The fraction of sp³-hybridized carbons (Fsp3) is 0.417. The summed E-state index contributed by atoms with van der Waals surface area (Å²) in [6.07, 6.45) is 0. The van der Waals surface area contributed by atoms with Gasteiger partial charge in [-0.05, 0) is 32.0 Å². The zero-order valence-electron chi connectivity index (χ0n) is 10.00. The van der Waals surface area contributed by atoms with Crippen molar-refractivity contribution in [1.29, 1.82) is 0 Å². The molecule has 0 N–H and O–H groups in total. The van der Waals surface area contributed by atoms with Crippen molar-refractivity contribution in [3.8, 4) is 0 Å². The molecular weight excluding hydrogens is 259 g/mol. The minimum atomic E-state index is -0.283. The van der Waals surface area contributed by atoms with E-state index < -0.39 is 0 Å². The van der Waals surface area contributed by atoms with E-state index >= 15 is 0 Å². The molecule has 3 nitrogen and oxygen atoms in total. The van der Waals surface area contributed by atoms with E-state index in [9.17, 15) is 0 Å². The molecule has 5 heteroatoms. The zero-order valence-corrected chi connectivity index (χ0v) is 11.5. The summed E-state index contributed by atoms with van der Waals surface area (Å²) in [4.78, 5) is 0. The second kappa shape index (κ2) is 4.39. The van der Waals surface area contributed by atoms with Crippen LogP contribution in [0.5, 0.6) is 0 Å². The van der Waals surface area contributed by atoms with E-state index in [1.165, 1.54) is 0 Å². The lowest BCUT2D eigenvalue weighted by Gasteiger charge is -2.35. The molecule has 1 aliphatic rings. The van der Waals surface area contributed by atoms with Crippen LogP contribution in [0.4, 0.5) is 0 Å². The Kier molecular flexibility index (Phi) is 3.23. The van der Waals surface area contributed by atoms with Crippen molar-refractivity contribution in [2.45, 2.75) is 19.4 Å². The average molecular weight is 273 g/mol. The number of halogens is 2. The predicted molar refractivity (Wildman–Crippen MR) is 70.8 cm³/mol. The van der Waals surface area contributed by atoms with E-state index in [2.05, 4.69) is 5.10 Å². The standard InChI is InChI=1S/C12H14Cl2N2O/c1-12(2)7-16(3)15-11(17-12)9-5-4-8(13)6-10(9)14/h4-6H,7H2,1-3H3. The molecule has 0 saturated carbocycles. The molecule has 0 radical (unpaired) electrons. The van der Waals surface area contributed by atoms with Gasteiger partial charge in [-0.1, -0.05) is 23.2 Å². The van der Waals surface area contributed by atoms with E-state index in [1.807, 2.05) is 32.0 Å². The highest BCUT2D eigenvalue weighted by atomic mass is 35.5. The van der Waals surface area contributed by atoms with E-state index in [1.54, 1.807) is 12.1 Å². The summed E-state index contributed by atoms with van der Waals surface area (Å²) >= 11 is 12.0. The average Bonchev–Trinajstić information content (AvgIpc) is 2.13. The van der Waals surface area contributed by atoms with Gasteiger partial charge in [0.15, 0.2) is 0 Å². The number of likely N-dealkylation sites (N-methyl/N-ethyl adjacent to an activating group) is 1. The lowest BCUT2D eigenvalue weighted by atomic mass is 10.1. The Morgan fingerprint density at radius 3 is 2.65 bits per heavy atom. The molecule has 17 heavy (non-hydrogen) atoms. The Balaban J connectivity index is 2.39. The first-order chi connectivity index (χ1) is 7.87. The van der Waals surface area contributed by atoms with E-state index in [0.717, 1.165) is 12.1 Å². The molecule has 0 bridgehead atoms. The van der Waals surface area contributed by atoms with Gasteiger partial charge in [0.1, 0.15) is 5.60 Å². The second-order valence-corrected chi connectivity index (χ2v) is 5.55. The van der Waals surface area contributed by atoms with Crippen molar-refractivity contribution in [2.75, 3.05) is 13.6 Å². The number of rotatable bonds is 1. The number of hydrazone groups is 1. The van der Waals surface area contributed by atoms with Gasteiger partial charge in [-0.25, -0.2) is 0 Å². The van der Waals surface area contributed by atoms with Crippen molar-refractivity contribution in [3.05, 3.63) is 33.8 Å². The van der Waals surface area contributed by atoms with E-state index in [4.69, 9.17) is 27.9 Å². The monoisotopic (exact) mass is 272 g/mol. The van der Waals surface area contributed by atoms with Gasteiger partial charge in [-0.15, -0.1) is 5.10 Å². The molecule has 1 heterocycles. The van der Waals surface area contributed by atoms with Gasteiger partial charge in [0, 0.05) is 12.1 Å². The summed E-state index contributed by atoms with van der Waals surface area (Å²) in [6.45, 7) is 4.77. The van der Waals surface area contributed by atoms with Gasteiger partial charge >= 0.3 is 0 Å². The van der Waals surface area contributed by atoms with E-state index in [0.29, 0.717) is 15.9 Å². The molecule has 92 valence electrons. The fourth-order valence-electron chi connectivity index (χ4n) is 1.83. The Morgan fingerprint density at radius 1 is 1.35 bits per heavy atom. The molecule has 0 aromatic heterocycles. The summed E-state index contributed by atoms with van der Waals surface area (Å²) in [5.41, 5.74) is 0.477. The molecule has 1 aliphatic heterocycles. The van der Waals surface area contributed by atoms with Gasteiger partial charge in [0.2, 0.25) is 5.90 Å². The fourth-order valence-corrected chi connectivity index (χ4v) is 2.32. The Hall–Kier alpha value is -0.930. The summed E-state index contributed by atoms with van der Waals surface area (Å²) in [5.74, 6) is 0.533. The van der Waals surface area contributed by atoms with Crippen LogP contribution in [0.25, 0.3) is 0 Å². The van der Waals surface area contributed by atoms with Gasteiger partial charge in [-0.3, -0.25) is 5.01 Å². The van der Waals surface area contributed by atoms with Gasteiger partial charge in [0.05, 0.1) is 17.1 Å². The van der Waals surface area contributed by atoms with Crippen molar-refractivity contribution >= 4 is 29.1 Å². The molecule has 0 amide bonds. The molecule has 0 spiro atoms. The Bertz CT molecular complexity index is 472. The van der Waals surface area contributed by atoms with Crippen LogP contribution < -0.4 is 0 Å². The predicted octanol–water partition coefficient (Wildman–Crippen LogP) is 3.40. The molecule has 0 fully saturated rings. The number of hydrogen-bond donors (Lipinski definition) is 0. The zero-order chi connectivity index (χ0) is 12.6. The van der Waals surface area contributed by atoms with E-state index in [-0.39, 0.29) is 5.60 Å². The van der Waals surface area contributed by atoms with Crippen LogP contribution >= 0.6 is 23.2 Å². The SMILES string of the molecule is CN1CC(C)(C)OC(c2ccc(Cl)cc2Cl)=N1. The third-order valence-electron chi connectivity index (χ3n) is 2.41. The van der Waals surface area contributed by atoms with Crippen LogP contribution in [0.1, 0.15) is 19.4 Å². The minimum absolute atomic E-state index is 0.283. The number of nitrogens with zero attached hydrogens (tertiary/aromatic N) is 2. The summed E-state index contributed by atoms with van der Waals surface area (Å²) in [7, 11) is 1.91. The first-order valence-electron chi connectivity index (χ1n) is 5.31. The Labute approximate surface area is 111 Å². The lowest BCUT2D eigenvalue weighted by Crippen LogP contribution is -2.43. The number of hydrogen-bond acceptors (Lipinski definition) is 3. The highest BCUT2D eigenvalue weighted by molar-refractivity contribution is 6.36. The van der Waals surface area contributed by atoms with Gasteiger partial charge in [0.25, 0.3) is 0 Å². The van der Waals surface area contributed by atoms with Crippen LogP contribution in [-0.4, -0.2) is 30.1 Å². The maximum atomic E-state index is 6.14. The third kappa shape index (κ3) is 2.85. The maximum Gasteiger partial charge on any atom is 0.240 e. The van der Waals surface area contributed by atoms with Crippen molar-refractivity contribution in [2.24, 2.45) is 5.10 Å². The van der Waals surface area contributed by atoms with Gasteiger partial charge in [-0.2, -0.15) is 0 Å². The molecule has 1 aromatic carbocycles. The van der Waals surface area contributed by atoms with Crippen molar-refractivity contribution in [3.63, 3.8) is 0 Å².